The van der Waals surface area contributed by atoms with Crippen LogP contribution in [0.1, 0.15) is 20.7 Å². The van der Waals surface area contributed by atoms with Crippen molar-refractivity contribution in [3.63, 3.8) is 0 Å². The molecule has 0 saturated carbocycles. The second-order valence-electron chi connectivity index (χ2n) is 3.71. The van der Waals surface area contributed by atoms with Gasteiger partial charge in [-0.05, 0) is 11.4 Å². The fourth-order valence-corrected chi connectivity index (χ4v) is 2.40. The predicted molar refractivity (Wildman–Crippen MR) is 75.1 cm³/mol. The van der Waals surface area contributed by atoms with E-state index in [4.69, 9.17) is 16.7 Å². The van der Waals surface area contributed by atoms with Crippen LogP contribution in [0.4, 0.5) is 10.7 Å². The van der Waals surface area contributed by atoms with Crippen molar-refractivity contribution in [2.75, 3.05) is 5.32 Å². The first-order valence-electron chi connectivity index (χ1n) is 5.32. The van der Waals surface area contributed by atoms with E-state index in [-0.39, 0.29) is 21.3 Å². The van der Waals surface area contributed by atoms with Gasteiger partial charge >= 0.3 is 5.97 Å². The molecule has 0 bridgehead atoms. The van der Waals surface area contributed by atoms with Gasteiger partial charge in [0.15, 0.2) is 0 Å². The van der Waals surface area contributed by atoms with Crippen molar-refractivity contribution in [3.05, 3.63) is 50.1 Å². The zero-order valence-electron chi connectivity index (χ0n) is 10.1. The molecular weight excluding hydrogens is 322 g/mol. The molecule has 2 heterocycles. The molecule has 0 saturated heterocycles. The molecule has 2 aromatic heterocycles. The first-order valence-corrected chi connectivity index (χ1v) is 6.58. The van der Waals surface area contributed by atoms with E-state index < -0.39 is 22.5 Å². The number of halogens is 1. The summed E-state index contributed by atoms with van der Waals surface area (Å²) in [5, 5.41) is 23.3. The number of pyridine rings is 1. The number of thiophene rings is 1. The number of anilines is 1. The lowest BCUT2D eigenvalue weighted by molar-refractivity contribution is -0.385. The SMILES string of the molecule is O=C(Nc1sccc1C(=O)O)c1cc([N+](=O)[O-])cnc1Cl. The molecular formula is C11H6ClN3O5S. The molecule has 2 aromatic rings. The Labute approximate surface area is 126 Å². The van der Waals surface area contributed by atoms with Crippen molar-refractivity contribution in [1.82, 2.24) is 4.98 Å². The van der Waals surface area contributed by atoms with Crippen LogP contribution in [0.25, 0.3) is 0 Å². The van der Waals surface area contributed by atoms with Crippen molar-refractivity contribution in [1.29, 1.82) is 0 Å². The van der Waals surface area contributed by atoms with Crippen molar-refractivity contribution in [2.24, 2.45) is 0 Å². The second-order valence-corrected chi connectivity index (χ2v) is 4.99. The number of carbonyl (C=O) groups excluding carboxylic acids is 1. The molecule has 0 radical (unpaired) electrons. The van der Waals surface area contributed by atoms with Gasteiger partial charge in [0, 0.05) is 6.07 Å². The molecule has 10 heteroatoms. The van der Waals surface area contributed by atoms with Gasteiger partial charge in [0.25, 0.3) is 11.6 Å². The second kappa shape index (κ2) is 5.85. The summed E-state index contributed by atoms with van der Waals surface area (Å²) in [6.45, 7) is 0. The maximum atomic E-state index is 12.0. The van der Waals surface area contributed by atoms with Crippen LogP contribution in [0.5, 0.6) is 0 Å². The van der Waals surface area contributed by atoms with Gasteiger partial charge in [-0.2, -0.15) is 0 Å². The van der Waals surface area contributed by atoms with Crippen LogP contribution in [-0.4, -0.2) is 26.9 Å². The Morgan fingerprint density at radius 3 is 2.76 bits per heavy atom. The highest BCUT2D eigenvalue weighted by Crippen LogP contribution is 2.25. The van der Waals surface area contributed by atoms with Gasteiger partial charge in [-0.1, -0.05) is 11.6 Å². The third-order valence-electron chi connectivity index (χ3n) is 2.40. The highest BCUT2D eigenvalue weighted by atomic mass is 35.5. The number of amides is 1. The van der Waals surface area contributed by atoms with E-state index >= 15 is 0 Å². The maximum Gasteiger partial charge on any atom is 0.338 e. The predicted octanol–water partition coefficient (Wildman–Crippen LogP) is 2.66. The monoisotopic (exact) mass is 327 g/mol. The minimum absolute atomic E-state index is 0.0807. The molecule has 21 heavy (non-hydrogen) atoms. The van der Waals surface area contributed by atoms with Crippen molar-refractivity contribution in [3.8, 4) is 0 Å². The van der Waals surface area contributed by atoms with E-state index in [1.807, 2.05) is 0 Å². The Morgan fingerprint density at radius 2 is 2.14 bits per heavy atom. The van der Waals surface area contributed by atoms with Gasteiger partial charge in [-0.25, -0.2) is 9.78 Å². The molecule has 2 rings (SSSR count). The molecule has 1 amide bonds. The third kappa shape index (κ3) is 3.15. The van der Waals surface area contributed by atoms with Crippen LogP contribution in [0, 0.1) is 10.1 Å². The van der Waals surface area contributed by atoms with E-state index in [2.05, 4.69) is 10.3 Å². The number of hydrogen-bond donors (Lipinski definition) is 2. The number of hydrogen-bond acceptors (Lipinski definition) is 6. The van der Waals surface area contributed by atoms with E-state index in [1.165, 1.54) is 11.4 Å². The lowest BCUT2D eigenvalue weighted by atomic mass is 10.2. The lowest BCUT2D eigenvalue weighted by Gasteiger charge is -2.05. The van der Waals surface area contributed by atoms with Gasteiger partial charge in [0.2, 0.25) is 0 Å². The molecule has 0 unspecified atom stereocenters. The van der Waals surface area contributed by atoms with E-state index in [1.54, 1.807) is 0 Å². The quantitative estimate of drug-likeness (QED) is 0.505. The van der Waals surface area contributed by atoms with Crippen molar-refractivity contribution >= 4 is 45.5 Å². The molecule has 0 aliphatic rings. The maximum absolute atomic E-state index is 12.0. The standard InChI is InChI=1S/C11H6ClN3O5S/c12-8-7(3-5(4-13-8)15(19)20)9(16)14-10-6(11(17)18)1-2-21-10/h1-4H,(H,14,16)(H,17,18). The normalized spacial score (nSPS) is 10.1. The fraction of sp³-hybridized carbons (Fsp3) is 0. The Bertz CT molecular complexity index is 745. The molecule has 0 spiro atoms. The first kappa shape index (κ1) is 14.9. The van der Waals surface area contributed by atoms with Crippen LogP contribution in [0.3, 0.4) is 0 Å². The lowest BCUT2D eigenvalue weighted by Crippen LogP contribution is -2.14. The number of nitrogens with zero attached hydrogens (tertiary/aromatic N) is 2. The fourth-order valence-electron chi connectivity index (χ4n) is 1.44. The molecule has 0 fully saturated rings. The molecule has 8 nitrogen and oxygen atoms in total. The molecule has 108 valence electrons. The van der Waals surface area contributed by atoms with Crippen LogP contribution < -0.4 is 5.32 Å². The zero-order chi connectivity index (χ0) is 15.6. The van der Waals surface area contributed by atoms with Crippen LogP contribution in [-0.2, 0) is 0 Å². The van der Waals surface area contributed by atoms with Gasteiger partial charge in [0.05, 0.1) is 16.1 Å². The zero-order valence-corrected chi connectivity index (χ0v) is 11.6. The van der Waals surface area contributed by atoms with Crippen molar-refractivity contribution in [2.45, 2.75) is 0 Å². The molecule has 0 aliphatic heterocycles. The van der Waals surface area contributed by atoms with Crippen LogP contribution in [0.2, 0.25) is 5.15 Å². The highest BCUT2D eigenvalue weighted by Gasteiger charge is 2.20. The Balaban J connectivity index is 2.32. The molecule has 2 N–H and O–H groups in total. The van der Waals surface area contributed by atoms with Gasteiger partial charge < -0.3 is 10.4 Å². The van der Waals surface area contributed by atoms with Crippen molar-refractivity contribution < 1.29 is 19.6 Å². The van der Waals surface area contributed by atoms with E-state index in [0.29, 0.717) is 0 Å². The number of carboxylic acid groups (broad SMARTS) is 1. The number of carbonyl (C=O) groups is 2. The van der Waals surface area contributed by atoms with E-state index in [0.717, 1.165) is 23.6 Å². The number of aromatic carboxylic acids is 1. The molecule has 0 aromatic carbocycles. The smallest absolute Gasteiger partial charge is 0.338 e. The number of aromatic nitrogens is 1. The topological polar surface area (TPSA) is 122 Å². The van der Waals surface area contributed by atoms with Gasteiger partial charge in [-0.15, -0.1) is 11.3 Å². The summed E-state index contributed by atoms with van der Waals surface area (Å²) in [7, 11) is 0. The molecule has 0 atom stereocenters. The Kier molecular flexibility index (Phi) is 4.15. The summed E-state index contributed by atoms with van der Waals surface area (Å²) in [5.74, 6) is -1.98. The number of carboxylic acids is 1. The summed E-state index contributed by atoms with van der Waals surface area (Å²) in [5.41, 5.74) is -0.687. The Morgan fingerprint density at radius 1 is 1.43 bits per heavy atom. The highest BCUT2D eigenvalue weighted by molar-refractivity contribution is 7.14. The minimum Gasteiger partial charge on any atom is -0.478 e. The van der Waals surface area contributed by atoms with Gasteiger partial charge in [0.1, 0.15) is 16.4 Å². The van der Waals surface area contributed by atoms with Gasteiger partial charge in [-0.3, -0.25) is 14.9 Å². The average Bonchev–Trinajstić information content (AvgIpc) is 2.87. The summed E-state index contributed by atoms with van der Waals surface area (Å²) >= 11 is 6.74. The van der Waals surface area contributed by atoms with Crippen LogP contribution >= 0.6 is 22.9 Å². The molecule has 0 aliphatic carbocycles. The van der Waals surface area contributed by atoms with Crippen LogP contribution in [0.15, 0.2) is 23.7 Å². The summed E-state index contributed by atoms with van der Waals surface area (Å²) < 4.78 is 0. The first-order chi connectivity index (χ1) is 9.90. The summed E-state index contributed by atoms with van der Waals surface area (Å²) in [6, 6.07) is 2.30. The summed E-state index contributed by atoms with van der Waals surface area (Å²) in [4.78, 5) is 36.5. The minimum atomic E-state index is -1.20. The number of rotatable bonds is 4. The average molecular weight is 328 g/mol. The third-order valence-corrected chi connectivity index (χ3v) is 3.53. The largest absolute Gasteiger partial charge is 0.478 e. The summed E-state index contributed by atoms with van der Waals surface area (Å²) in [6.07, 6.45) is 0.924. The Hall–Kier alpha value is -2.52. The number of nitrogens with one attached hydrogen (secondary N) is 1. The van der Waals surface area contributed by atoms with E-state index in [9.17, 15) is 19.7 Å². The number of nitro groups is 1.